The third-order valence-corrected chi connectivity index (χ3v) is 2.13. The molecule has 0 bridgehead atoms. The van der Waals surface area contributed by atoms with E-state index in [-0.39, 0.29) is 0 Å². The molecule has 0 aliphatic heterocycles. The summed E-state index contributed by atoms with van der Waals surface area (Å²) >= 11 is 5.03. The number of unbranched alkanes of at least 4 members (excludes halogenated alkanes) is 1. The Morgan fingerprint density at radius 1 is 1.33 bits per heavy atom. The Morgan fingerprint density at radius 3 is 2.17 bits per heavy atom. The Bertz CT molecular complexity index is 19.5. The molecular formula is C4H8BrSn. The van der Waals surface area contributed by atoms with Crippen molar-refractivity contribution >= 4 is 38.5 Å². The van der Waals surface area contributed by atoms with E-state index in [9.17, 15) is 0 Å². The minimum absolute atomic E-state index is 1.18. The van der Waals surface area contributed by atoms with Crippen molar-refractivity contribution in [2.24, 2.45) is 0 Å². The number of rotatable bonds is 3. The van der Waals surface area contributed by atoms with Crippen LogP contribution in [0.15, 0.2) is 0 Å². The van der Waals surface area contributed by atoms with Gasteiger partial charge in [0.15, 0.2) is 0 Å². The van der Waals surface area contributed by atoms with E-state index in [1.165, 1.54) is 22.6 Å². The maximum absolute atomic E-state index is 3.36. The van der Waals surface area contributed by atoms with Crippen LogP contribution in [0.4, 0.5) is 0 Å². The van der Waals surface area contributed by atoms with Gasteiger partial charge in [-0.2, -0.15) is 0 Å². The first-order chi connectivity index (χ1) is 2.91. The minimum atomic E-state index is 1.18. The molecule has 0 atom stereocenters. The van der Waals surface area contributed by atoms with Crippen LogP contribution in [0, 0.1) is 0 Å². The predicted octanol–water partition coefficient (Wildman–Crippen LogP) is 1.75. The van der Waals surface area contributed by atoms with Gasteiger partial charge in [-0.25, -0.2) is 0 Å². The standard InChI is InChI=1S/C4H8Br.Sn/c1-2-3-4-5;/h1-4H2;. The Hall–Kier alpha value is 1.28. The predicted molar refractivity (Wildman–Crippen MR) is 33.6 cm³/mol. The zero-order chi connectivity index (χ0) is 4.83. The van der Waals surface area contributed by atoms with Crippen molar-refractivity contribution in [3.05, 3.63) is 0 Å². The molecule has 3 radical (unpaired) electrons. The fourth-order valence-electron chi connectivity index (χ4n) is 0.219. The second kappa shape index (κ2) is 6.28. The summed E-state index contributed by atoms with van der Waals surface area (Å²) in [5.74, 6) is 0. The van der Waals surface area contributed by atoms with Gasteiger partial charge in [0, 0.05) is 0 Å². The van der Waals surface area contributed by atoms with Crippen molar-refractivity contribution in [3.63, 3.8) is 0 Å². The monoisotopic (exact) mass is 255 g/mol. The van der Waals surface area contributed by atoms with Crippen LogP contribution < -0.4 is 0 Å². The number of halogens is 1. The molecule has 0 aliphatic carbocycles. The molecule has 0 spiro atoms. The van der Waals surface area contributed by atoms with Crippen LogP contribution in [-0.2, 0) is 0 Å². The Balaban J connectivity index is 2.34. The summed E-state index contributed by atoms with van der Waals surface area (Å²) < 4.78 is 1.42. The van der Waals surface area contributed by atoms with Gasteiger partial charge >= 0.3 is 61.1 Å². The molecule has 0 nitrogen and oxygen atoms in total. The summed E-state index contributed by atoms with van der Waals surface area (Å²) in [6.45, 7) is 0. The second-order valence-corrected chi connectivity index (χ2v) is 3.37. The fraction of sp³-hybridized carbons (Fsp3) is 1.00. The van der Waals surface area contributed by atoms with Crippen molar-refractivity contribution in [1.82, 2.24) is 0 Å². The van der Waals surface area contributed by atoms with Crippen LogP contribution in [0.1, 0.15) is 12.8 Å². The van der Waals surface area contributed by atoms with Gasteiger partial charge < -0.3 is 0 Å². The van der Waals surface area contributed by atoms with Crippen molar-refractivity contribution in [1.29, 1.82) is 0 Å². The maximum atomic E-state index is 3.36. The van der Waals surface area contributed by atoms with Gasteiger partial charge in [0.2, 0.25) is 0 Å². The molecule has 0 unspecified atom stereocenters. The molecular weight excluding hydrogens is 247 g/mol. The van der Waals surface area contributed by atoms with Crippen LogP contribution in [0.25, 0.3) is 0 Å². The van der Waals surface area contributed by atoms with Crippen LogP contribution >= 0.6 is 15.9 Å². The molecule has 2 heteroatoms. The molecule has 0 saturated carbocycles. The van der Waals surface area contributed by atoms with Crippen molar-refractivity contribution in [2.45, 2.75) is 17.3 Å². The number of alkyl halides is 1. The van der Waals surface area contributed by atoms with E-state index in [1.54, 1.807) is 22.5 Å². The molecule has 0 aromatic carbocycles. The molecule has 0 aromatic heterocycles. The molecule has 0 aliphatic rings. The van der Waals surface area contributed by atoms with E-state index in [2.05, 4.69) is 15.9 Å². The van der Waals surface area contributed by atoms with Crippen LogP contribution in [0.5, 0.6) is 0 Å². The van der Waals surface area contributed by atoms with Gasteiger partial charge in [-0.1, -0.05) is 0 Å². The molecule has 0 N–H and O–H groups in total. The van der Waals surface area contributed by atoms with Crippen molar-refractivity contribution < 1.29 is 0 Å². The first-order valence-corrected chi connectivity index (χ1v) is 5.26. The van der Waals surface area contributed by atoms with E-state index >= 15 is 0 Å². The van der Waals surface area contributed by atoms with Crippen LogP contribution in [0.2, 0.25) is 4.44 Å². The topological polar surface area (TPSA) is 0 Å². The molecule has 35 valence electrons. The Labute approximate surface area is 60.9 Å². The average molecular weight is 255 g/mol. The first-order valence-electron chi connectivity index (χ1n) is 2.12. The Morgan fingerprint density at radius 2 is 2.00 bits per heavy atom. The number of hydrogen-bond acceptors (Lipinski definition) is 0. The van der Waals surface area contributed by atoms with E-state index < -0.39 is 0 Å². The first kappa shape index (κ1) is 7.28. The molecule has 0 amide bonds. The summed E-state index contributed by atoms with van der Waals surface area (Å²) in [7, 11) is 0. The quantitative estimate of drug-likeness (QED) is 0.409. The molecule has 0 aromatic rings. The van der Waals surface area contributed by atoms with Crippen molar-refractivity contribution in [3.8, 4) is 0 Å². The van der Waals surface area contributed by atoms with Crippen LogP contribution in [-0.4, -0.2) is 27.9 Å². The van der Waals surface area contributed by atoms with Crippen molar-refractivity contribution in [2.75, 3.05) is 5.33 Å². The third-order valence-electron chi connectivity index (χ3n) is 0.560. The van der Waals surface area contributed by atoms with Gasteiger partial charge in [0.05, 0.1) is 0 Å². The van der Waals surface area contributed by atoms with Gasteiger partial charge in [-0.15, -0.1) is 0 Å². The normalized spacial score (nSPS) is 9.00. The van der Waals surface area contributed by atoms with Gasteiger partial charge in [-0.3, -0.25) is 0 Å². The van der Waals surface area contributed by atoms with E-state index in [4.69, 9.17) is 0 Å². The average Bonchev–Trinajstić information content (AvgIpc) is 1.61. The number of hydrogen-bond donors (Lipinski definition) is 0. The van der Waals surface area contributed by atoms with Crippen LogP contribution in [0.3, 0.4) is 0 Å². The summed E-state index contributed by atoms with van der Waals surface area (Å²) in [6, 6.07) is 0. The SMILES string of the molecule is BrCCC[CH2][Sn]. The fourth-order valence-corrected chi connectivity index (χ4v) is 1.33. The zero-order valence-electron chi connectivity index (χ0n) is 3.71. The molecule has 0 fully saturated rings. The van der Waals surface area contributed by atoms with Gasteiger partial charge in [0.1, 0.15) is 0 Å². The third kappa shape index (κ3) is 5.28. The zero-order valence-corrected chi connectivity index (χ0v) is 8.15. The summed E-state index contributed by atoms with van der Waals surface area (Å²) in [5, 5.41) is 1.18. The molecule has 6 heavy (non-hydrogen) atoms. The summed E-state index contributed by atoms with van der Waals surface area (Å²) in [4.78, 5) is 0. The molecule has 0 heterocycles. The summed E-state index contributed by atoms with van der Waals surface area (Å²) in [5.41, 5.74) is 0. The van der Waals surface area contributed by atoms with E-state index in [0.717, 1.165) is 0 Å². The Kier molecular flexibility index (Phi) is 7.62. The van der Waals surface area contributed by atoms with E-state index in [1.807, 2.05) is 0 Å². The molecule has 0 rings (SSSR count). The summed E-state index contributed by atoms with van der Waals surface area (Å²) in [6.07, 6.45) is 2.76. The van der Waals surface area contributed by atoms with E-state index in [0.29, 0.717) is 0 Å². The van der Waals surface area contributed by atoms with Gasteiger partial charge in [0.25, 0.3) is 0 Å². The molecule has 0 saturated heterocycles. The second-order valence-electron chi connectivity index (χ2n) is 1.15. The van der Waals surface area contributed by atoms with Gasteiger partial charge in [-0.05, 0) is 0 Å².